The van der Waals surface area contributed by atoms with Crippen LogP contribution in [-0.4, -0.2) is 15.6 Å². The number of carbonyl (C=O) groups is 1. The fourth-order valence-electron chi connectivity index (χ4n) is 3.29. The molecular weight excluding hydrogens is 310 g/mol. The molecule has 0 aliphatic carbocycles. The summed E-state index contributed by atoms with van der Waals surface area (Å²) in [5.74, 6) is -0.890. The van der Waals surface area contributed by atoms with Crippen molar-refractivity contribution in [2.45, 2.75) is 33.1 Å². The van der Waals surface area contributed by atoms with Crippen LogP contribution in [0.15, 0.2) is 60.7 Å². The summed E-state index contributed by atoms with van der Waals surface area (Å²) in [7, 11) is 0. The zero-order valence-electron chi connectivity index (χ0n) is 14.7. The van der Waals surface area contributed by atoms with Gasteiger partial charge in [0.25, 0.3) is 0 Å². The topological polar surface area (TPSA) is 42.2 Å². The predicted molar refractivity (Wildman–Crippen MR) is 101 cm³/mol. The highest BCUT2D eigenvalue weighted by Crippen LogP contribution is 2.23. The molecular formula is C22H23NO2. The monoisotopic (exact) mass is 333 g/mol. The number of nitrogens with zero attached hydrogens (tertiary/aromatic N) is 1. The van der Waals surface area contributed by atoms with E-state index in [-0.39, 0.29) is 0 Å². The number of hydrogen-bond donors (Lipinski definition) is 1. The van der Waals surface area contributed by atoms with Crippen LogP contribution < -0.4 is 0 Å². The van der Waals surface area contributed by atoms with Crippen LogP contribution in [0.3, 0.4) is 0 Å². The lowest BCUT2D eigenvalue weighted by Crippen LogP contribution is -2.08. The van der Waals surface area contributed by atoms with Gasteiger partial charge in [-0.15, -0.1) is 0 Å². The number of aryl methyl sites for hydroxylation is 4. The first kappa shape index (κ1) is 17.0. The normalized spacial score (nSPS) is 10.8. The Kier molecular flexibility index (Phi) is 5.03. The lowest BCUT2D eigenvalue weighted by atomic mass is 10.0. The lowest BCUT2D eigenvalue weighted by Gasteiger charge is -2.14. The zero-order valence-corrected chi connectivity index (χ0v) is 14.7. The van der Waals surface area contributed by atoms with E-state index >= 15 is 0 Å². The van der Waals surface area contributed by atoms with Gasteiger partial charge in [0.15, 0.2) is 0 Å². The molecule has 3 nitrogen and oxygen atoms in total. The van der Waals surface area contributed by atoms with Gasteiger partial charge < -0.3 is 9.67 Å². The third-order valence-corrected chi connectivity index (χ3v) is 4.58. The molecule has 128 valence electrons. The molecule has 3 aromatic rings. The van der Waals surface area contributed by atoms with Gasteiger partial charge in [-0.1, -0.05) is 36.4 Å². The third kappa shape index (κ3) is 3.82. The summed E-state index contributed by atoms with van der Waals surface area (Å²) in [6.07, 6.45) is 3.00. The average molecular weight is 333 g/mol. The molecule has 0 aliphatic rings. The van der Waals surface area contributed by atoms with Crippen molar-refractivity contribution < 1.29 is 9.90 Å². The molecule has 2 aromatic carbocycles. The van der Waals surface area contributed by atoms with Crippen molar-refractivity contribution in [3.05, 3.63) is 88.7 Å². The minimum Gasteiger partial charge on any atom is -0.478 e. The van der Waals surface area contributed by atoms with Crippen molar-refractivity contribution in [3.63, 3.8) is 0 Å². The average Bonchev–Trinajstić information content (AvgIpc) is 2.94. The first-order chi connectivity index (χ1) is 12.1. The highest BCUT2D eigenvalue weighted by atomic mass is 16.4. The minimum atomic E-state index is -0.890. The smallest absolute Gasteiger partial charge is 0.337 e. The fourth-order valence-corrected chi connectivity index (χ4v) is 3.29. The fraction of sp³-hybridized carbons (Fsp3) is 0.227. The van der Waals surface area contributed by atoms with Gasteiger partial charge in [0, 0.05) is 11.4 Å². The molecule has 0 saturated carbocycles. The van der Waals surface area contributed by atoms with Gasteiger partial charge in [0.1, 0.15) is 0 Å². The van der Waals surface area contributed by atoms with E-state index in [1.165, 1.54) is 11.1 Å². The van der Waals surface area contributed by atoms with Gasteiger partial charge in [-0.25, -0.2) is 4.79 Å². The third-order valence-electron chi connectivity index (χ3n) is 4.58. The SMILES string of the molecule is Cc1ccc(C)n1-c1cc(CCCc2ccccc2)ccc1C(=O)O. The van der Waals surface area contributed by atoms with E-state index in [1.807, 2.05) is 48.7 Å². The highest BCUT2D eigenvalue weighted by Gasteiger charge is 2.15. The van der Waals surface area contributed by atoms with Crippen LogP contribution in [0.25, 0.3) is 5.69 Å². The molecule has 1 heterocycles. The van der Waals surface area contributed by atoms with Crippen molar-refractivity contribution in [3.8, 4) is 5.69 Å². The largest absolute Gasteiger partial charge is 0.478 e. The molecule has 1 aromatic heterocycles. The first-order valence-corrected chi connectivity index (χ1v) is 8.62. The Morgan fingerprint density at radius 3 is 2.16 bits per heavy atom. The molecule has 25 heavy (non-hydrogen) atoms. The summed E-state index contributed by atoms with van der Waals surface area (Å²) in [6.45, 7) is 4.00. The standard InChI is InChI=1S/C22H23NO2/c1-16-11-12-17(2)23(16)21-15-19(13-14-20(21)22(24)25)10-6-9-18-7-4-3-5-8-18/h3-5,7-8,11-15H,6,9-10H2,1-2H3,(H,24,25). The van der Waals surface area contributed by atoms with Crippen LogP contribution >= 0.6 is 0 Å². The zero-order chi connectivity index (χ0) is 17.8. The van der Waals surface area contributed by atoms with Gasteiger partial charge in [0.05, 0.1) is 11.3 Å². The van der Waals surface area contributed by atoms with E-state index in [4.69, 9.17) is 0 Å². The Labute approximate surface area is 148 Å². The molecule has 0 radical (unpaired) electrons. The summed E-state index contributed by atoms with van der Waals surface area (Å²) >= 11 is 0. The number of carboxylic acids is 1. The second-order valence-electron chi connectivity index (χ2n) is 6.45. The van der Waals surface area contributed by atoms with Gasteiger partial charge in [-0.05, 0) is 68.5 Å². The minimum absolute atomic E-state index is 0.342. The second-order valence-corrected chi connectivity index (χ2v) is 6.45. The number of rotatable bonds is 6. The molecule has 1 N–H and O–H groups in total. The van der Waals surface area contributed by atoms with E-state index in [2.05, 4.69) is 24.3 Å². The summed E-state index contributed by atoms with van der Waals surface area (Å²) in [5, 5.41) is 9.55. The van der Waals surface area contributed by atoms with Crippen LogP contribution in [0.1, 0.15) is 39.3 Å². The molecule has 0 bridgehead atoms. The Morgan fingerprint density at radius 1 is 0.880 bits per heavy atom. The molecule has 0 fully saturated rings. The molecule has 0 aliphatic heterocycles. The number of aromatic carboxylic acids is 1. The number of benzene rings is 2. The summed E-state index contributed by atoms with van der Waals surface area (Å²) < 4.78 is 2.02. The van der Waals surface area contributed by atoms with Crippen molar-refractivity contribution in [2.75, 3.05) is 0 Å². The van der Waals surface area contributed by atoms with Crippen molar-refractivity contribution in [1.29, 1.82) is 0 Å². The number of hydrogen-bond acceptors (Lipinski definition) is 1. The molecule has 3 heteroatoms. The maximum Gasteiger partial charge on any atom is 0.337 e. The van der Waals surface area contributed by atoms with E-state index in [9.17, 15) is 9.90 Å². The number of carboxylic acid groups (broad SMARTS) is 1. The summed E-state index contributed by atoms with van der Waals surface area (Å²) in [4.78, 5) is 11.6. The van der Waals surface area contributed by atoms with Crippen molar-refractivity contribution in [2.24, 2.45) is 0 Å². The maximum atomic E-state index is 11.6. The molecule has 3 rings (SSSR count). The van der Waals surface area contributed by atoms with Gasteiger partial charge in [-0.2, -0.15) is 0 Å². The van der Waals surface area contributed by atoms with Gasteiger partial charge in [0.2, 0.25) is 0 Å². The van der Waals surface area contributed by atoms with E-state index in [0.717, 1.165) is 36.3 Å². The first-order valence-electron chi connectivity index (χ1n) is 8.62. The van der Waals surface area contributed by atoms with Crippen LogP contribution in [0.5, 0.6) is 0 Å². The van der Waals surface area contributed by atoms with Crippen LogP contribution in [-0.2, 0) is 12.8 Å². The molecule has 0 saturated heterocycles. The lowest BCUT2D eigenvalue weighted by molar-refractivity contribution is 0.0697. The molecule has 0 amide bonds. The van der Waals surface area contributed by atoms with Crippen LogP contribution in [0, 0.1) is 13.8 Å². The quantitative estimate of drug-likeness (QED) is 0.692. The molecule has 0 unspecified atom stereocenters. The second kappa shape index (κ2) is 7.39. The van der Waals surface area contributed by atoms with E-state index < -0.39 is 5.97 Å². The van der Waals surface area contributed by atoms with Gasteiger partial charge in [-0.3, -0.25) is 0 Å². The van der Waals surface area contributed by atoms with Crippen LogP contribution in [0.4, 0.5) is 0 Å². The maximum absolute atomic E-state index is 11.6. The van der Waals surface area contributed by atoms with E-state index in [0.29, 0.717) is 5.56 Å². The summed E-state index contributed by atoms with van der Waals surface area (Å²) in [5.41, 5.74) is 5.69. The van der Waals surface area contributed by atoms with Gasteiger partial charge >= 0.3 is 5.97 Å². The predicted octanol–water partition coefficient (Wildman–Crippen LogP) is 4.97. The highest BCUT2D eigenvalue weighted by molar-refractivity contribution is 5.92. The van der Waals surface area contributed by atoms with Crippen LogP contribution in [0.2, 0.25) is 0 Å². The molecule has 0 atom stereocenters. The Morgan fingerprint density at radius 2 is 1.52 bits per heavy atom. The molecule has 0 spiro atoms. The number of aromatic nitrogens is 1. The van der Waals surface area contributed by atoms with E-state index in [1.54, 1.807) is 6.07 Å². The Hall–Kier alpha value is -2.81. The van der Waals surface area contributed by atoms with Crippen molar-refractivity contribution >= 4 is 5.97 Å². The Balaban J connectivity index is 1.84. The Bertz CT molecular complexity index is 859. The summed E-state index contributed by atoms with van der Waals surface area (Å²) in [6, 6.07) is 20.2. The van der Waals surface area contributed by atoms with Crippen molar-refractivity contribution in [1.82, 2.24) is 4.57 Å².